The van der Waals surface area contributed by atoms with Crippen LogP contribution in [0.1, 0.15) is 113 Å². The van der Waals surface area contributed by atoms with E-state index < -0.39 is 123 Å². The van der Waals surface area contributed by atoms with Crippen LogP contribution in [0, 0.1) is 11.6 Å². The van der Waals surface area contributed by atoms with Crippen molar-refractivity contribution in [3.8, 4) is 22.9 Å². The van der Waals surface area contributed by atoms with Crippen molar-refractivity contribution in [1.29, 1.82) is 0 Å². The van der Waals surface area contributed by atoms with Gasteiger partial charge in [0.25, 0.3) is 11.8 Å². The van der Waals surface area contributed by atoms with E-state index in [0.29, 0.717) is 38.9 Å². The van der Waals surface area contributed by atoms with Crippen LogP contribution in [0.2, 0.25) is 0 Å². The number of nitrogens with one attached hydrogen (secondary N) is 1. The van der Waals surface area contributed by atoms with Gasteiger partial charge in [0.2, 0.25) is 28.7 Å². The minimum atomic E-state index is -4.65. The third-order valence-corrected chi connectivity index (χ3v) is 17.3. The summed E-state index contributed by atoms with van der Waals surface area (Å²) in [6, 6.07) is 14.9. The fourth-order valence-corrected chi connectivity index (χ4v) is 9.87. The van der Waals surface area contributed by atoms with Gasteiger partial charge in [0.15, 0.2) is 28.6 Å². The number of carbonyl (C=O) groups is 2. The van der Waals surface area contributed by atoms with Crippen molar-refractivity contribution < 1.29 is 156 Å². The number of halogens is 24. The molecule has 0 radical (unpaired) electrons. The molecule has 2 aliphatic carbocycles. The summed E-state index contributed by atoms with van der Waals surface area (Å²) >= 11 is 22.5. The fraction of sp³-hybridized carbons (Fsp3) is 0.444. The van der Waals surface area contributed by atoms with Crippen LogP contribution < -0.4 is 60.9 Å². The van der Waals surface area contributed by atoms with E-state index in [1.165, 1.54) is 41.3 Å². The number of pyridine rings is 6. The van der Waals surface area contributed by atoms with Gasteiger partial charge in [-0.25, -0.2) is 39.2 Å². The molecule has 24 nitrogen and oxygen atoms in total. The SMILES string of the molecule is C.C.C.C.CC1(C)OB(c2cnc(OC3(C(F)(F)F)CCC3)c(F)c2)OC1(C)C.COC(F)(F)c1nnc2ccc(-c3cnc(OC4(C(F)(F)F)CCC4)c(F)c3)cn12.COC(F)(F)c1nnc2ccc(Br)cn12.C[O-].FC(F)(Cl)c1nnc2ccc(Br)cn12.NNc1ccc(Br)cn1.O=C(OC(=O)C(F)(F)Cl)C(F)(F)Cl.[Na+]. The van der Waals surface area contributed by atoms with E-state index in [4.69, 9.17) is 41.3 Å². The van der Waals surface area contributed by atoms with Gasteiger partial charge < -0.3 is 43.5 Å². The second kappa shape index (κ2) is 41.2. The third-order valence-electron chi connectivity index (χ3n) is 15.4. The number of methoxy groups -OCH3 is 2. The smallest absolute Gasteiger partial charge is 0.857 e. The first kappa shape index (κ1) is 105. The summed E-state index contributed by atoms with van der Waals surface area (Å²) in [5, 5.41) is 16.5. The first-order valence-electron chi connectivity index (χ1n) is 29.7. The van der Waals surface area contributed by atoms with Gasteiger partial charge in [0.1, 0.15) is 5.82 Å². The number of hydrazine groups is 1. The summed E-state index contributed by atoms with van der Waals surface area (Å²) in [5.74, 6) is -4.90. The second-order valence-corrected chi connectivity index (χ2v) is 27.2. The Bertz CT molecular complexity index is 4550. The molecule has 622 valence electrons. The van der Waals surface area contributed by atoms with Gasteiger partial charge in [-0.3, -0.25) is 13.2 Å². The molecule has 9 aromatic rings. The maximum atomic E-state index is 14.5. The molecule has 113 heavy (non-hydrogen) atoms. The summed E-state index contributed by atoms with van der Waals surface area (Å²) in [6.07, 6.45) is -8.53. The van der Waals surface area contributed by atoms with Gasteiger partial charge in [-0.1, -0.05) is 29.7 Å². The number of nitrogens with zero attached hydrogens (tertiary/aromatic N) is 12. The molecule has 9 aromatic heterocycles. The van der Waals surface area contributed by atoms with Crippen molar-refractivity contribution in [2.45, 2.75) is 159 Å². The zero-order chi connectivity index (χ0) is 81.4. The van der Waals surface area contributed by atoms with Crippen LogP contribution in [0.3, 0.4) is 0 Å². The van der Waals surface area contributed by atoms with Gasteiger partial charge >= 0.3 is 89.3 Å². The Morgan fingerprint density at radius 2 is 0.903 bits per heavy atom. The number of nitrogens with two attached hydrogens (primary N) is 1. The molecular formula is C63H68BBr3Cl3F18N14NaO10. The van der Waals surface area contributed by atoms with Gasteiger partial charge in [-0.05, 0) is 209 Å². The number of hydrogen-bond donors (Lipinski definition) is 2. The number of fused-ring (bicyclic) bond motifs is 3. The first-order valence-corrected chi connectivity index (χ1v) is 33.2. The average molecular weight is 1900 g/mol. The standard InChI is InChI=1S/C18H14F6N4O2.C16H20BF4NO3.C8H6BrF2N3O.C7H3BrClF2N3.C5H6BrN3.C4Cl2F4O3.CH3O.4CH4.Na/c1-29-17(20,21)15-27-26-13-4-3-10(9-28(13)15)11-7-12(19)14(25-8-11)30-16(5-2-6-16)18(22,23)24;1-13(2)14(3,4)25-17(24-13)10-8-11(18)12(22-9-10)23-15(6-5-7-15)16(19,20)21;1-15-8(10,11)7-13-12-6-3-2-5(9)4-14(6)7;8-4-1-2-5-12-13-6(7(9,10)11)14(5)3-4;6-4-1-2-5(9-7)8-3-4;5-3(7,8)1(11)13-2(12)4(6,9)10;1-2;;;;;/h3-4,7-9H,2,5-6H2,1H3;8-9H,5-7H2,1-4H3;2-4H,1H3;1-3H;1-3H,7H2,(H,8,9);;1H3;4*1H4;/q;;;;;;-1;;;;;+1. The summed E-state index contributed by atoms with van der Waals surface area (Å²) in [5.41, 5.74) is -2.16. The molecule has 12 rings (SSSR count). The van der Waals surface area contributed by atoms with Crippen LogP contribution in [0.15, 0.2) is 111 Å². The van der Waals surface area contributed by atoms with E-state index in [1.54, 1.807) is 36.5 Å². The number of carbonyl (C=O) groups excluding carboxylic acids is 2. The van der Waals surface area contributed by atoms with Crippen LogP contribution >= 0.6 is 82.6 Å². The summed E-state index contributed by atoms with van der Waals surface area (Å²) in [6.45, 7) is 7.38. The summed E-state index contributed by atoms with van der Waals surface area (Å²) in [4.78, 5) is 31.3. The maximum absolute atomic E-state index is 14.5. The van der Waals surface area contributed by atoms with E-state index in [1.807, 2.05) is 33.8 Å². The van der Waals surface area contributed by atoms with Crippen LogP contribution in [0.4, 0.5) is 84.8 Å². The van der Waals surface area contributed by atoms with Gasteiger partial charge in [-0.2, -0.15) is 77.4 Å². The third kappa shape index (κ3) is 26.1. The normalized spacial score (nSPS) is 15.1. The predicted octanol–water partition coefficient (Wildman–Crippen LogP) is 14.2. The van der Waals surface area contributed by atoms with E-state index in [0.717, 1.165) is 52.9 Å². The molecule has 3 N–H and O–H groups in total. The van der Waals surface area contributed by atoms with Gasteiger partial charge in [-0.15, -0.1) is 30.6 Å². The van der Waals surface area contributed by atoms with E-state index >= 15 is 0 Å². The first-order chi connectivity index (χ1) is 49.8. The number of hydrogen-bond acceptors (Lipinski definition) is 21. The molecule has 50 heteroatoms. The Kier molecular flexibility index (Phi) is 38.2. The average Bonchev–Trinajstić information content (AvgIpc) is 1.10. The van der Waals surface area contributed by atoms with Crippen molar-refractivity contribution in [3.05, 3.63) is 140 Å². The predicted molar refractivity (Wildman–Crippen MR) is 381 cm³/mol. The molecule has 1 saturated heterocycles. The molecule has 3 aliphatic rings. The number of rotatable bonds is 14. The molecule has 0 bridgehead atoms. The largest absolute Gasteiger partial charge is 1.00 e. The number of anilines is 1. The Balaban J connectivity index is 0.000000698. The Hall–Kier alpha value is -6.28. The fourth-order valence-electron chi connectivity index (χ4n) is 8.76. The van der Waals surface area contributed by atoms with Crippen LogP contribution in [-0.2, 0) is 50.7 Å². The summed E-state index contributed by atoms with van der Waals surface area (Å²) < 4.78 is 273. The maximum Gasteiger partial charge on any atom is 1.00 e. The van der Waals surface area contributed by atoms with Crippen molar-refractivity contribution in [2.75, 3.05) is 26.8 Å². The Morgan fingerprint density at radius 1 is 0.531 bits per heavy atom. The second-order valence-electron chi connectivity index (χ2n) is 23.0. The van der Waals surface area contributed by atoms with Gasteiger partial charge in [0, 0.05) is 81.4 Å². The molecule has 0 unspecified atom stereocenters. The van der Waals surface area contributed by atoms with Crippen molar-refractivity contribution in [2.24, 2.45) is 5.84 Å². The molecule has 0 aromatic carbocycles. The Morgan fingerprint density at radius 3 is 1.24 bits per heavy atom. The molecule has 2 saturated carbocycles. The monoisotopic (exact) mass is 1900 g/mol. The molecule has 0 atom stereocenters. The molecule has 3 fully saturated rings. The molecule has 1 aliphatic heterocycles. The van der Waals surface area contributed by atoms with Crippen LogP contribution in [0.5, 0.6) is 11.8 Å². The molecule has 0 amide bonds. The number of aromatic nitrogens is 12. The van der Waals surface area contributed by atoms with Crippen molar-refractivity contribution in [1.82, 2.24) is 58.7 Å². The Labute approximate surface area is 695 Å². The van der Waals surface area contributed by atoms with Crippen LogP contribution in [0.25, 0.3) is 28.1 Å². The minimum Gasteiger partial charge on any atom is -0.857 e. The topological polar surface area (TPSA) is 289 Å². The minimum absolute atomic E-state index is 0. The van der Waals surface area contributed by atoms with Crippen molar-refractivity contribution in [3.63, 3.8) is 0 Å². The number of alkyl halides is 19. The van der Waals surface area contributed by atoms with Crippen LogP contribution in [-0.4, -0.2) is 145 Å². The number of esters is 2. The van der Waals surface area contributed by atoms with E-state index in [-0.39, 0.29) is 107 Å². The number of ether oxygens (including phenoxy) is 5. The number of nitrogen functional groups attached to an aromatic ring is 1. The quantitative estimate of drug-likeness (QED) is 0.0194. The van der Waals surface area contributed by atoms with Gasteiger partial charge in [0.05, 0.1) is 11.2 Å². The summed E-state index contributed by atoms with van der Waals surface area (Å²) in [7, 11) is 1.62. The molecule has 10 heterocycles. The zero-order valence-electron chi connectivity index (χ0n) is 56.7. The zero-order valence-corrected chi connectivity index (χ0v) is 65.7. The molecule has 0 spiro atoms. The van der Waals surface area contributed by atoms with E-state index in [9.17, 15) is 88.6 Å². The molecular weight excluding hydrogens is 1830 g/mol. The van der Waals surface area contributed by atoms with Crippen molar-refractivity contribution >= 4 is 130 Å². The van der Waals surface area contributed by atoms with E-state index in [2.05, 4.69) is 136 Å².